The summed E-state index contributed by atoms with van der Waals surface area (Å²) in [5.41, 5.74) is 2.24. The van der Waals surface area contributed by atoms with E-state index in [4.69, 9.17) is 4.74 Å². The molecule has 3 aromatic rings. The van der Waals surface area contributed by atoms with E-state index >= 15 is 0 Å². The molecule has 30 heavy (non-hydrogen) atoms. The van der Waals surface area contributed by atoms with Crippen LogP contribution in [-0.4, -0.2) is 30.3 Å². The van der Waals surface area contributed by atoms with Crippen molar-refractivity contribution in [2.24, 2.45) is 0 Å². The predicted octanol–water partition coefficient (Wildman–Crippen LogP) is 4.17. The van der Waals surface area contributed by atoms with Gasteiger partial charge >= 0.3 is 0 Å². The Balaban J connectivity index is 1.50. The fraction of sp³-hybridized carbons (Fsp3) is 0.208. The Bertz CT molecular complexity index is 965. The molecule has 0 aliphatic carbocycles. The first kappa shape index (κ1) is 21.5. The van der Waals surface area contributed by atoms with E-state index in [1.54, 1.807) is 24.3 Å². The number of halogens is 1. The predicted molar refractivity (Wildman–Crippen MR) is 115 cm³/mol. The minimum Gasteiger partial charge on any atom is -0.488 e. The van der Waals surface area contributed by atoms with Crippen molar-refractivity contribution >= 4 is 11.6 Å². The molecule has 3 rings (SSSR count). The number of rotatable bonds is 9. The SMILES string of the molecule is CC(NCC(O)COc1ccccc1F)c1cccc(NC(=O)c2ccccc2)c1. The Morgan fingerprint density at radius 3 is 2.53 bits per heavy atom. The number of hydrogen-bond donors (Lipinski definition) is 3. The molecule has 0 aliphatic heterocycles. The van der Waals surface area contributed by atoms with Crippen molar-refractivity contribution in [3.05, 3.63) is 95.8 Å². The van der Waals surface area contributed by atoms with Gasteiger partial charge in [-0.25, -0.2) is 4.39 Å². The molecule has 6 heteroatoms. The average Bonchev–Trinajstić information content (AvgIpc) is 2.77. The molecule has 0 radical (unpaired) electrons. The first-order valence-corrected chi connectivity index (χ1v) is 9.78. The van der Waals surface area contributed by atoms with Crippen LogP contribution >= 0.6 is 0 Å². The number of amides is 1. The fourth-order valence-electron chi connectivity index (χ4n) is 2.92. The maximum absolute atomic E-state index is 13.6. The zero-order valence-electron chi connectivity index (χ0n) is 16.7. The maximum atomic E-state index is 13.6. The number of hydrogen-bond acceptors (Lipinski definition) is 4. The van der Waals surface area contributed by atoms with Crippen molar-refractivity contribution < 1.29 is 19.0 Å². The van der Waals surface area contributed by atoms with E-state index < -0.39 is 11.9 Å². The number of benzene rings is 3. The maximum Gasteiger partial charge on any atom is 0.255 e. The summed E-state index contributed by atoms with van der Waals surface area (Å²) in [6, 6.07) is 22.6. The molecular weight excluding hydrogens is 383 g/mol. The summed E-state index contributed by atoms with van der Waals surface area (Å²) in [7, 11) is 0. The van der Waals surface area contributed by atoms with Crippen LogP contribution < -0.4 is 15.4 Å². The van der Waals surface area contributed by atoms with Crippen molar-refractivity contribution in [2.75, 3.05) is 18.5 Å². The number of aliphatic hydroxyl groups excluding tert-OH is 1. The summed E-state index contributed by atoms with van der Waals surface area (Å²) in [5, 5.41) is 16.2. The van der Waals surface area contributed by atoms with E-state index in [1.165, 1.54) is 12.1 Å². The Labute approximate surface area is 175 Å². The van der Waals surface area contributed by atoms with Gasteiger partial charge in [-0.3, -0.25) is 4.79 Å². The molecule has 0 fully saturated rings. The Morgan fingerprint density at radius 2 is 1.77 bits per heavy atom. The van der Waals surface area contributed by atoms with Gasteiger partial charge in [-0.15, -0.1) is 0 Å². The molecule has 2 atom stereocenters. The van der Waals surface area contributed by atoms with Gasteiger partial charge in [-0.1, -0.05) is 42.5 Å². The summed E-state index contributed by atoms with van der Waals surface area (Å²) in [6.45, 7) is 2.21. The number of carbonyl (C=O) groups is 1. The van der Waals surface area contributed by atoms with Crippen LogP contribution in [0.5, 0.6) is 5.75 Å². The second-order valence-corrected chi connectivity index (χ2v) is 6.97. The van der Waals surface area contributed by atoms with Crippen LogP contribution in [0.15, 0.2) is 78.9 Å². The van der Waals surface area contributed by atoms with Gasteiger partial charge in [0.25, 0.3) is 5.91 Å². The highest BCUT2D eigenvalue weighted by Gasteiger charge is 2.12. The number of para-hydroxylation sites is 1. The lowest BCUT2D eigenvalue weighted by atomic mass is 10.1. The van der Waals surface area contributed by atoms with Crippen molar-refractivity contribution in [3.63, 3.8) is 0 Å². The van der Waals surface area contributed by atoms with Crippen molar-refractivity contribution in [1.82, 2.24) is 5.32 Å². The van der Waals surface area contributed by atoms with E-state index in [1.807, 2.05) is 49.4 Å². The third-order valence-electron chi connectivity index (χ3n) is 4.61. The van der Waals surface area contributed by atoms with E-state index in [9.17, 15) is 14.3 Å². The molecular formula is C24H25FN2O3. The largest absolute Gasteiger partial charge is 0.488 e. The van der Waals surface area contributed by atoms with Gasteiger partial charge < -0.3 is 20.5 Å². The minimum atomic E-state index is -0.798. The van der Waals surface area contributed by atoms with Gasteiger partial charge in [0.05, 0.1) is 0 Å². The summed E-state index contributed by atoms with van der Waals surface area (Å²) in [6.07, 6.45) is -0.798. The average molecular weight is 408 g/mol. The highest BCUT2D eigenvalue weighted by atomic mass is 19.1. The van der Waals surface area contributed by atoms with E-state index in [2.05, 4.69) is 10.6 Å². The van der Waals surface area contributed by atoms with Crippen LogP contribution in [0, 0.1) is 5.82 Å². The molecule has 0 spiro atoms. The summed E-state index contributed by atoms with van der Waals surface area (Å²) >= 11 is 0. The van der Waals surface area contributed by atoms with E-state index in [0.29, 0.717) is 11.3 Å². The number of aliphatic hydroxyl groups is 1. The van der Waals surface area contributed by atoms with Crippen LogP contribution in [0.3, 0.4) is 0 Å². The van der Waals surface area contributed by atoms with Gasteiger partial charge in [0.2, 0.25) is 0 Å². The lowest BCUT2D eigenvalue weighted by molar-refractivity contribution is 0.102. The minimum absolute atomic E-state index is 0.0200. The third kappa shape index (κ3) is 6.14. The van der Waals surface area contributed by atoms with Crippen molar-refractivity contribution in [3.8, 4) is 5.75 Å². The molecule has 3 aromatic carbocycles. The molecule has 0 aromatic heterocycles. The summed E-state index contributed by atoms with van der Waals surface area (Å²) < 4.78 is 18.9. The molecule has 2 unspecified atom stereocenters. The first-order chi connectivity index (χ1) is 14.5. The smallest absolute Gasteiger partial charge is 0.255 e. The van der Waals surface area contributed by atoms with Crippen LogP contribution in [0.25, 0.3) is 0 Å². The standard InChI is InChI=1S/C24H25FN2O3/c1-17(26-15-21(28)16-30-23-13-6-5-12-22(23)25)19-10-7-11-20(14-19)27-24(29)18-8-3-2-4-9-18/h2-14,17,21,26,28H,15-16H2,1H3,(H,27,29). The van der Waals surface area contributed by atoms with Gasteiger partial charge in [0.1, 0.15) is 12.7 Å². The highest BCUT2D eigenvalue weighted by Crippen LogP contribution is 2.19. The van der Waals surface area contributed by atoms with Crippen molar-refractivity contribution in [1.29, 1.82) is 0 Å². The number of anilines is 1. The summed E-state index contributed by atoms with van der Waals surface area (Å²) in [4.78, 5) is 12.3. The molecule has 0 heterocycles. The zero-order chi connectivity index (χ0) is 21.3. The van der Waals surface area contributed by atoms with Crippen LogP contribution in [0.2, 0.25) is 0 Å². The Morgan fingerprint density at radius 1 is 1.03 bits per heavy atom. The molecule has 156 valence electrons. The monoisotopic (exact) mass is 408 g/mol. The lowest BCUT2D eigenvalue weighted by Gasteiger charge is -2.19. The topological polar surface area (TPSA) is 70.6 Å². The molecule has 5 nitrogen and oxygen atoms in total. The van der Waals surface area contributed by atoms with E-state index in [-0.39, 0.29) is 30.9 Å². The van der Waals surface area contributed by atoms with Crippen molar-refractivity contribution in [2.45, 2.75) is 19.1 Å². The highest BCUT2D eigenvalue weighted by molar-refractivity contribution is 6.04. The van der Waals surface area contributed by atoms with Crippen LogP contribution in [0.4, 0.5) is 10.1 Å². The molecule has 0 saturated heterocycles. The fourth-order valence-corrected chi connectivity index (χ4v) is 2.92. The molecule has 0 aliphatic rings. The van der Waals surface area contributed by atoms with Gasteiger partial charge in [-0.2, -0.15) is 0 Å². The first-order valence-electron chi connectivity index (χ1n) is 9.78. The third-order valence-corrected chi connectivity index (χ3v) is 4.61. The molecule has 1 amide bonds. The zero-order valence-corrected chi connectivity index (χ0v) is 16.7. The summed E-state index contributed by atoms with van der Waals surface area (Å²) in [5.74, 6) is -0.513. The van der Waals surface area contributed by atoms with Crippen LogP contribution in [0.1, 0.15) is 28.9 Å². The van der Waals surface area contributed by atoms with Gasteiger partial charge in [0, 0.05) is 23.8 Å². The molecule has 0 saturated carbocycles. The number of nitrogens with one attached hydrogen (secondary N) is 2. The molecule has 3 N–H and O–H groups in total. The number of carbonyl (C=O) groups excluding carboxylic acids is 1. The molecule has 0 bridgehead atoms. The van der Waals surface area contributed by atoms with Gasteiger partial charge in [-0.05, 0) is 48.9 Å². The normalized spacial score (nSPS) is 12.8. The van der Waals surface area contributed by atoms with Crippen LogP contribution in [-0.2, 0) is 0 Å². The number of ether oxygens (including phenoxy) is 1. The quantitative estimate of drug-likeness (QED) is 0.497. The Hall–Kier alpha value is -3.22. The second kappa shape index (κ2) is 10.5. The Kier molecular flexibility index (Phi) is 7.54. The van der Waals surface area contributed by atoms with E-state index in [0.717, 1.165) is 5.56 Å². The second-order valence-electron chi connectivity index (χ2n) is 6.97. The lowest BCUT2D eigenvalue weighted by Crippen LogP contribution is -2.33. The van der Waals surface area contributed by atoms with Gasteiger partial charge in [0.15, 0.2) is 11.6 Å².